The Morgan fingerprint density at radius 1 is 0.806 bits per heavy atom. The molecule has 0 aliphatic heterocycles. The molecule has 4 aliphatic carbocycles. The number of amides is 2. The predicted molar refractivity (Wildman–Crippen MR) is 126 cm³/mol. The van der Waals surface area contributed by atoms with Crippen LogP contribution in [0.15, 0.2) is 54.6 Å². The number of thiocarbonyl (C=S) groups is 1. The van der Waals surface area contributed by atoms with Crippen LogP contribution >= 0.6 is 12.2 Å². The van der Waals surface area contributed by atoms with Crippen molar-refractivity contribution in [1.82, 2.24) is 5.32 Å². The molecule has 6 heteroatoms. The molecule has 0 heterocycles. The van der Waals surface area contributed by atoms with E-state index in [4.69, 9.17) is 12.2 Å². The largest absolute Gasteiger partial charge is 0.332 e. The third-order valence-corrected chi connectivity index (χ3v) is 7.37. The maximum atomic E-state index is 13.2. The first-order valence-corrected chi connectivity index (χ1v) is 11.5. The molecule has 4 bridgehead atoms. The molecule has 4 fully saturated rings. The molecule has 4 aliphatic rings. The highest BCUT2D eigenvalue weighted by Crippen LogP contribution is 2.60. The van der Waals surface area contributed by atoms with Crippen molar-refractivity contribution < 1.29 is 9.59 Å². The van der Waals surface area contributed by atoms with Crippen LogP contribution < -0.4 is 16.0 Å². The van der Waals surface area contributed by atoms with Crippen molar-refractivity contribution in [2.75, 3.05) is 10.6 Å². The Morgan fingerprint density at radius 2 is 1.42 bits per heavy atom. The fraction of sp³-hybridized carbons (Fsp3) is 0.400. The average molecular weight is 434 g/mol. The fourth-order valence-corrected chi connectivity index (χ4v) is 6.46. The molecule has 0 radical (unpaired) electrons. The highest BCUT2D eigenvalue weighted by atomic mass is 32.1. The average Bonchev–Trinajstić information content (AvgIpc) is 2.73. The summed E-state index contributed by atoms with van der Waals surface area (Å²) < 4.78 is 0. The standard InChI is InChI=1S/C25H27N3O2S/c29-22(26-20-6-2-1-3-7-20)19-5-4-8-21(12-19)27-24(31)28-23(30)25-13-16-9-17(14-25)11-18(10-16)15-25/h1-8,12,16-18H,9-11,13-15H2,(H,26,29)(H2,27,28,30,31). The molecule has 160 valence electrons. The lowest BCUT2D eigenvalue weighted by molar-refractivity contribution is -0.144. The van der Waals surface area contributed by atoms with E-state index >= 15 is 0 Å². The van der Waals surface area contributed by atoms with E-state index in [0.29, 0.717) is 34.1 Å². The smallest absolute Gasteiger partial charge is 0.255 e. The van der Waals surface area contributed by atoms with Crippen molar-refractivity contribution in [1.29, 1.82) is 0 Å². The monoisotopic (exact) mass is 433 g/mol. The van der Waals surface area contributed by atoms with E-state index in [9.17, 15) is 9.59 Å². The molecule has 0 saturated heterocycles. The molecular formula is C25H27N3O2S. The predicted octanol–water partition coefficient (Wildman–Crippen LogP) is 4.97. The number of nitrogens with one attached hydrogen (secondary N) is 3. The maximum absolute atomic E-state index is 13.2. The Labute approximate surface area is 188 Å². The van der Waals surface area contributed by atoms with Gasteiger partial charge in [-0.15, -0.1) is 0 Å². The van der Waals surface area contributed by atoms with E-state index in [-0.39, 0.29) is 17.2 Å². The molecule has 0 spiro atoms. The van der Waals surface area contributed by atoms with Gasteiger partial charge < -0.3 is 16.0 Å². The van der Waals surface area contributed by atoms with Crippen LogP contribution in [0.4, 0.5) is 11.4 Å². The Bertz CT molecular complexity index is 985. The summed E-state index contributed by atoms with van der Waals surface area (Å²) in [6.45, 7) is 0. The van der Waals surface area contributed by atoms with Crippen molar-refractivity contribution in [3.63, 3.8) is 0 Å². The number of rotatable bonds is 4. The number of anilines is 2. The quantitative estimate of drug-likeness (QED) is 0.596. The van der Waals surface area contributed by atoms with Crippen LogP contribution in [0.2, 0.25) is 0 Å². The van der Waals surface area contributed by atoms with Crippen LogP contribution in [0, 0.1) is 23.2 Å². The van der Waals surface area contributed by atoms with E-state index in [1.54, 1.807) is 18.2 Å². The molecule has 5 nitrogen and oxygen atoms in total. The molecule has 31 heavy (non-hydrogen) atoms. The Hall–Kier alpha value is -2.73. The van der Waals surface area contributed by atoms with Gasteiger partial charge in [0.25, 0.3) is 5.91 Å². The number of carbonyl (C=O) groups excluding carboxylic acids is 2. The first kappa shape index (κ1) is 20.2. The zero-order chi connectivity index (χ0) is 21.4. The van der Waals surface area contributed by atoms with Gasteiger partial charge >= 0.3 is 0 Å². The summed E-state index contributed by atoms with van der Waals surface area (Å²) in [4.78, 5) is 25.7. The van der Waals surface area contributed by atoms with Crippen LogP contribution in [0.5, 0.6) is 0 Å². The first-order chi connectivity index (χ1) is 15.0. The van der Waals surface area contributed by atoms with Crippen LogP contribution in [0.3, 0.4) is 0 Å². The van der Waals surface area contributed by atoms with Crippen molar-refractivity contribution in [3.05, 3.63) is 60.2 Å². The molecular weight excluding hydrogens is 406 g/mol. The van der Waals surface area contributed by atoms with Gasteiger partial charge in [-0.25, -0.2) is 0 Å². The molecule has 2 aromatic carbocycles. The van der Waals surface area contributed by atoms with Gasteiger partial charge in [-0.3, -0.25) is 9.59 Å². The lowest BCUT2D eigenvalue weighted by Gasteiger charge is -2.55. The summed E-state index contributed by atoms with van der Waals surface area (Å²) in [5.41, 5.74) is 1.70. The van der Waals surface area contributed by atoms with E-state index in [2.05, 4.69) is 16.0 Å². The van der Waals surface area contributed by atoms with Crippen LogP contribution in [0.1, 0.15) is 48.9 Å². The van der Waals surface area contributed by atoms with Crippen molar-refractivity contribution >= 4 is 40.5 Å². The second kappa shape index (κ2) is 8.08. The van der Waals surface area contributed by atoms with Crippen molar-refractivity contribution in [3.8, 4) is 0 Å². The van der Waals surface area contributed by atoms with Gasteiger partial charge in [0.1, 0.15) is 0 Å². The number of carbonyl (C=O) groups is 2. The summed E-state index contributed by atoms with van der Waals surface area (Å²) in [7, 11) is 0. The zero-order valence-electron chi connectivity index (χ0n) is 17.4. The minimum Gasteiger partial charge on any atom is -0.332 e. The van der Waals surface area contributed by atoms with Gasteiger partial charge in [-0.2, -0.15) is 0 Å². The lowest BCUT2D eigenvalue weighted by Crippen LogP contribution is -2.55. The molecule has 0 aromatic heterocycles. The highest BCUT2D eigenvalue weighted by Gasteiger charge is 2.54. The maximum Gasteiger partial charge on any atom is 0.255 e. The van der Waals surface area contributed by atoms with Crippen LogP contribution in [-0.4, -0.2) is 16.9 Å². The van der Waals surface area contributed by atoms with E-state index in [0.717, 1.165) is 24.9 Å². The van der Waals surface area contributed by atoms with E-state index in [1.807, 2.05) is 36.4 Å². The molecule has 0 atom stereocenters. The summed E-state index contributed by atoms with van der Waals surface area (Å²) >= 11 is 5.44. The fourth-order valence-electron chi connectivity index (χ4n) is 6.25. The second-order valence-corrected chi connectivity index (χ2v) is 9.92. The number of para-hydroxylation sites is 1. The third kappa shape index (κ3) is 4.22. The molecule has 6 rings (SSSR count). The van der Waals surface area contributed by atoms with Crippen molar-refractivity contribution in [2.45, 2.75) is 38.5 Å². The number of hydrogen-bond donors (Lipinski definition) is 3. The highest BCUT2D eigenvalue weighted by molar-refractivity contribution is 7.80. The summed E-state index contributed by atoms with van der Waals surface area (Å²) in [5.74, 6) is 2.00. The summed E-state index contributed by atoms with van der Waals surface area (Å²) in [6.07, 6.45) is 6.90. The Morgan fingerprint density at radius 3 is 2.06 bits per heavy atom. The SMILES string of the molecule is O=C(Nc1ccccc1)c1cccc(NC(=S)NC(=O)C23CC4CC(CC(C4)C2)C3)c1. The van der Waals surface area contributed by atoms with Gasteiger partial charge in [-0.05, 0) is 98.8 Å². The summed E-state index contributed by atoms with van der Waals surface area (Å²) in [6, 6.07) is 16.5. The van der Waals surface area contributed by atoms with E-state index < -0.39 is 0 Å². The lowest BCUT2D eigenvalue weighted by atomic mass is 9.49. The van der Waals surface area contributed by atoms with Gasteiger partial charge in [-0.1, -0.05) is 24.3 Å². The van der Waals surface area contributed by atoms with Gasteiger partial charge in [0.2, 0.25) is 5.91 Å². The second-order valence-electron chi connectivity index (χ2n) is 9.51. The molecule has 2 aromatic rings. The minimum atomic E-state index is -0.238. The topological polar surface area (TPSA) is 70.2 Å². The molecule has 4 saturated carbocycles. The Balaban J connectivity index is 1.21. The Kier molecular flexibility index (Phi) is 5.26. The zero-order valence-corrected chi connectivity index (χ0v) is 18.2. The summed E-state index contributed by atoms with van der Waals surface area (Å²) in [5, 5.41) is 9.21. The normalized spacial score (nSPS) is 28.1. The van der Waals surface area contributed by atoms with Gasteiger partial charge in [0.15, 0.2) is 5.11 Å². The third-order valence-electron chi connectivity index (χ3n) is 7.16. The molecule has 2 amide bonds. The van der Waals surface area contributed by atoms with E-state index in [1.165, 1.54) is 19.3 Å². The number of benzene rings is 2. The van der Waals surface area contributed by atoms with Gasteiger partial charge in [0.05, 0.1) is 5.41 Å². The first-order valence-electron chi connectivity index (χ1n) is 11.1. The van der Waals surface area contributed by atoms with Gasteiger partial charge in [0, 0.05) is 16.9 Å². The molecule has 3 N–H and O–H groups in total. The van der Waals surface area contributed by atoms with Crippen LogP contribution in [-0.2, 0) is 4.79 Å². The number of hydrogen-bond acceptors (Lipinski definition) is 3. The van der Waals surface area contributed by atoms with Crippen LogP contribution in [0.25, 0.3) is 0 Å². The van der Waals surface area contributed by atoms with Crippen molar-refractivity contribution in [2.24, 2.45) is 23.2 Å². The minimum absolute atomic E-state index is 0.0714. The molecule has 0 unspecified atom stereocenters.